The summed E-state index contributed by atoms with van der Waals surface area (Å²) in [4.78, 5) is 11.0. The quantitative estimate of drug-likeness (QED) is 0.888. The fraction of sp³-hybridized carbons (Fsp3) is 0.176. The number of nitrogens with one attached hydrogen (secondary N) is 1. The maximum atomic E-state index is 11.0. The van der Waals surface area contributed by atoms with E-state index in [1.165, 1.54) is 6.92 Å². The Balaban J connectivity index is 1.96. The molecule has 0 aliphatic heterocycles. The van der Waals surface area contributed by atoms with Crippen LogP contribution in [0.4, 0.5) is 5.69 Å². The van der Waals surface area contributed by atoms with Crippen molar-refractivity contribution in [3.05, 3.63) is 59.7 Å². The van der Waals surface area contributed by atoms with Gasteiger partial charge in [-0.1, -0.05) is 18.2 Å². The molecule has 2 aromatic carbocycles. The number of amides is 1. The Labute approximate surface area is 128 Å². The van der Waals surface area contributed by atoms with Crippen LogP contribution in [0.1, 0.15) is 24.2 Å². The number of carbonyl (C=O) groups is 1. The summed E-state index contributed by atoms with van der Waals surface area (Å²) < 4.78 is 5.53. The second-order valence-electron chi connectivity index (χ2n) is 4.77. The summed E-state index contributed by atoms with van der Waals surface area (Å²) in [6.45, 7) is 1.51. The predicted octanol–water partition coefficient (Wildman–Crippen LogP) is 2.63. The van der Waals surface area contributed by atoms with Crippen LogP contribution < -0.4 is 10.1 Å². The summed E-state index contributed by atoms with van der Waals surface area (Å²) >= 11 is 0. The van der Waals surface area contributed by atoms with Gasteiger partial charge < -0.3 is 15.2 Å². The van der Waals surface area contributed by atoms with Gasteiger partial charge in [0.2, 0.25) is 5.91 Å². The molecule has 5 nitrogen and oxygen atoms in total. The van der Waals surface area contributed by atoms with E-state index in [0.29, 0.717) is 22.6 Å². The molecule has 0 aliphatic carbocycles. The molecule has 0 aliphatic rings. The predicted molar refractivity (Wildman–Crippen MR) is 82.4 cm³/mol. The number of ether oxygens (including phenoxy) is 1. The maximum Gasteiger partial charge on any atom is 0.221 e. The van der Waals surface area contributed by atoms with Crippen LogP contribution in [0.5, 0.6) is 5.75 Å². The Morgan fingerprint density at radius 3 is 2.68 bits per heavy atom. The molecule has 2 rings (SSSR count). The van der Waals surface area contributed by atoms with E-state index in [9.17, 15) is 9.90 Å². The normalized spacial score (nSPS) is 11.3. The molecule has 22 heavy (non-hydrogen) atoms. The monoisotopic (exact) mass is 296 g/mol. The highest BCUT2D eigenvalue weighted by atomic mass is 16.5. The van der Waals surface area contributed by atoms with E-state index >= 15 is 0 Å². The van der Waals surface area contributed by atoms with Gasteiger partial charge in [0.15, 0.2) is 0 Å². The molecular formula is C17H16N2O3. The van der Waals surface area contributed by atoms with E-state index < -0.39 is 6.10 Å². The number of aliphatic hydroxyl groups excluding tert-OH is 1. The SMILES string of the molecule is CC(=O)Nc1cccc(OCC(O)c2ccc(C#N)cc2)c1. The second kappa shape index (κ2) is 7.25. The summed E-state index contributed by atoms with van der Waals surface area (Å²) in [5.74, 6) is 0.397. The van der Waals surface area contributed by atoms with Crippen molar-refractivity contribution in [2.75, 3.05) is 11.9 Å². The largest absolute Gasteiger partial charge is 0.490 e. The zero-order chi connectivity index (χ0) is 15.9. The number of benzene rings is 2. The van der Waals surface area contributed by atoms with Crippen molar-refractivity contribution in [3.63, 3.8) is 0 Å². The van der Waals surface area contributed by atoms with Gasteiger partial charge in [-0.2, -0.15) is 5.26 Å². The van der Waals surface area contributed by atoms with Crippen molar-refractivity contribution in [2.24, 2.45) is 0 Å². The van der Waals surface area contributed by atoms with Gasteiger partial charge in [-0.3, -0.25) is 4.79 Å². The van der Waals surface area contributed by atoms with Gasteiger partial charge in [0.05, 0.1) is 11.6 Å². The Bertz CT molecular complexity index is 690. The van der Waals surface area contributed by atoms with Crippen LogP contribution in [-0.2, 0) is 4.79 Å². The summed E-state index contributed by atoms with van der Waals surface area (Å²) in [6.07, 6.45) is -0.794. The van der Waals surface area contributed by atoms with Crippen LogP contribution >= 0.6 is 0 Å². The highest BCUT2D eigenvalue weighted by molar-refractivity contribution is 5.88. The van der Waals surface area contributed by atoms with Crippen molar-refractivity contribution in [3.8, 4) is 11.8 Å². The van der Waals surface area contributed by atoms with Gasteiger partial charge in [-0.25, -0.2) is 0 Å². The first-order valence-electron chi connectivity index (χ1n) is 6.77. The molecule has 2 aromatic rings. The molecule has 1 atom stereocenters. The van der Waals surface area contributed by atoms with E-state index in [-0.39, 0.29) is 12.5 Å². The third-order valence-electron chi connectivity index (χ3n) is 2.99. The number of aliphatic hydroxyl groups is 1. The number of rotatable bonds is 5. The maximum absolute atomic E-state index is 11.0. The fourth-order valence-electron chi connectivity index (χ4n) is 1.92. The molecule has 2 N–H and O–H groups in total. The highest BCUT2D eigenvalue weighted by Crippen LogP contribution is 2.20. The smallest absolute Gasteiger partial charge is 0.221 e. The molecule has 5 heteroatoms. The molecule has 0 spiro atoms. The van der Waals surface area contributed by atoms with Crippen LogP contribution in [0.25, 0.3) is 0 Å². The van der Waals surface area contributed by atoms with E-state index in [2.05, 4.69) is 5.32 Å². The number of anilines is 1. The molecular weight excluding hydrogens is 280 g/mol. The summed E-state index contributed by atoms with van der Waals surface area (Å²) in [7, 11) is 0. The van der Waals surface area contributed by atoms with Gasteiger partial charge >= 0.3 is 0 Å². The van der Waals surface area contributed by atoms with Crippen molar-refractivity contribution >= 4 is 11.6 Å². The molecule has 1 amide bonds. The first kappa shape index (κ1) is 15.5. The number of carbonyl (C=O) groups excluding carboxylic acids is 1. The standard InChI is InChI=1S/C17H16N2O3/c1-12(20)19-15-3-2-4-16(9-15)22-11-17(21)14-7-5-13(10-18)6-8-14/h2-9,17,21H,11H2,1H3,(H,19,20). The number of hydrogen-bond donors (Lipinski definition) is 2. The zero-order valence-electron chi connectivity index (χ0n) is 12.1. The second-order valence-corrected chi connectivity index (χ2v) is 4.77. The van der Waals surface area contributed by atoms with Gasteiger partial charge in [-0.05, 0) is 29.8 Å². The average Bonchev–Trinajstić information content (AvgIpc) is 2.52. The third kappa shape index (κ3) is 4.33. The van der Waals surface area contributed by atoms with E-state index in [4.69, 9.17) is 10.00 Å². The molecule has 0 heterocycles. The fourth-order valence-corrected chi connectivity index (χ4v) is 1.92. The lowest BCUT2D eigenvalue weighted by Crippen LogP contribution is -2.10. The van der Waals surface area contributed by atoms with Crippen LogP contribution in [-0.4, -0.2) is 17.6 Å². The van der Waals surface area contributed by atoms with Crippen LogP contribution in [0.3, 0.4) is 0 Å². The number of nitrogens with zero attached hydrogens (tertiary/aromatic N) is 1. The summed E-state index contributed by atoms with van der Waals surface area (Å²) in [5, 5.41) is 21.5. The van der Waals surface area contributed by atoms with Crippen LogP contribution in [0.15, 0.2) is 48.5 Å². The van der Waals surface area contributed by atoms with Gasteiger partial charge in [0.1, 0.15) is 18.5 Å². The van der Waals surface area contributed by atoms with Gasteiger partial charge in [0, 0.05) is 18.7 Å². The molecule has 112 valence electrons. The third-order valence-corrected chi connectivity index (χ3v) is 2.99. The lowest BCUT2D eigenvalue weighted by atomic mass is 10.1. The minimum Gasteiger partial charge on any atom is -0.490 e. The zero-order valence-corrected chi connectivity index (χ0v) is 12.1. The van der Waals surface area contributed by atoms with Crippen LogP contribution in [0.2, 0.25) is 0 Å². The van der Waals surface area contributed by atoms with Crippen molar-refractivity contribution in [2.45, 2.75) is 13.0 Å². The summed E-state index contributed by atoms with van der Waals surface area (Å²) in [6, 6.07) is 15.7. The molecule has 0 saturated carbocycles. The van der Waals surface area contributed by atoms with E-state index in [1.807, 2.05) is 6.07 Å². The lowest BCUT2D eigenvalue weighted by Gasteiger charge is -2.13. The molecule has 1 unspecified atom stereocenters. The lowest BCUT2D eigenvalue weighted by molar-refractivity contribution is -0.114. The molecule has 0 bridgehead atoms. The Morgan fingerprint density at radius 2 is 2.05 bits per heavy atom. The van der Waals surface area contributed by atoms with Gasteiger partial charge in [0.25, 0.3) is 0 Å². The van der Waals surface area contributed by atoms with Crippen molar-refractivity contribution in [1.82, 2.24) is 0 Å². The Morgan fingerprint density at radius 1 is 1.32 bits per heavy atom. The van der Waals surface area contributed by atoms with E-state index in [0.717, 1.165) is 0 Å². The minimum absolute atomic E-state index is 0.0788. The number of hydrogen-bond acceptors (Lipinski definition) is 4. The average molecular weight is 296 g/mol. The molecule has 0 saturated heterocycles. The van der Waals surface area contributed by atoms with Crippen molar-refractivity contribution < 1.29 is 14.6 Å². The minimum atomic E-state index is -0.794. The summed E-state index contributed by atoms with van der Waals surface area (Å²) in [5.41, 5.74) is 1.86. The Kier molecular flexibility index (Phi) is 5.12. The first-order valence-corrected chi connectivity index (χ1v) is 6.77. The van der Waals surface area contributed by atoms with Gasteiger partial charge in [-0.15, -0.1) is 0 Å². The Hall–Kier alpha value is -2.84. The topological polar surface area (TPSA) is 82.3 Å². The molecule has 0 fully saturated rings. The first-order chi connectivity index (χ1) is 10.6. The highest BCUT2D eigenvalue weighted by Gasteiger charge is 2.09. The van der Waals surface area contributed by atoms with Crippen LogP contribution in [0, 0.1) is 11.3 Å². The molecule has 0 aromatic heterocycles. The van der Waals surface area contributed by atoms with E-state index in [1.54, 1.807) is 48.5 Å². The molecule has 0 radical (unpaired) electrons. The number of nitriles is 1. The van der Waals surface area contributed by atoms with Crippen molar-refractivity contribution in [1.29, 1.82) is 5.26 Å².